The Labute approximate surface area is 129 Å². The van der Waals surface area contributed by atoms with E-state index in [4.69, 9.17) is 9.97 Å². The van der Waals surface area contributed by atoms with Crippen molar-refractivity contribution in [3.05, 3.63) is 83.9 Å². The standard InChI is InChI=1S/C19H15N3/c1-2-6-15(7-3-1)14-22-12-10-18-19(11-13-22)21-17-9-5-4-8-16(17)20-18/h1-13H,14H2. The summed E-state index contributed by atoms with van der Waals surface area (Å²) >= 11 is 0. The van der Waals surface area contributed by atoms with Crippen LogP contribution in [0.2, 0.25) is 0 Å². The predicted octanol–water partition coefficient (Wildman–Crippen LogP) is 4.09. The summed E-state index contributed by atoms with van der Waals surface area (Å²) in [5, 5.41) is 0. The molecule has 0 N–H and O–H groups in total. The van der Waals surface area contributed by atoms with Crippen molar-refractivity contribution in [3.63, 3.8) is 0 Å². The molecule has 22 heavy (non-hydrogen) atoms. The molecule has 0 saturated carbocycles. The Morgan fingerprint density at radius 1 is 0.682 bits per heavy atom. The van der Waals surface area contributed by atoms with Gasteiger partial charge in [-0.2, -0.15) is 0 Å². The molecule has 0 unspecified atom stereocenters. The van der Waals surface area contributed by atoms with Gasteiger partial charge in [0.1, 0.15) is 0 Å². The predicted molar refractivity (Wildman–Crippen MR) is 89.6 cm³/mol. The van der Waals surface area contributed by atoms with E-state index >= 15 is 0 Å². The zero-order valence-electron chi connectivity index (χ0n) is 12.1. The Morgan fingerprint density at radius 3 is 1.82 bits per heavy atom. The third-order valence-electron chi connectivity index (χ3n) is 3.68. The Morgan fingerprint density at radius 2 is 1.23 bits per heavy atom. The van der Waals surface area contributed by atoms with Crippen LogP contribution in [0.5, 0.6) is 0 Å². The molecule has 0 saturated heterocycles. The van der Waals surface area contributed by atoms with Crippen LogP contribution in [0.3, 0.4) is 0 Å². The van der Waals surface area contributed by atoms with E-state index in [1.54, 1.807) is 0 Å². The summed E-state index contributed by atoms with van der Waals surface area (Å²) in [6.07, 6.45) is 8.16. The lowest BCUT2D eigenvalue weighted by Crippen LogP contribution is -2.07. The van der Waals surface area contributed by atoms with Crippen LogP contribution in [0.15, 0.2) is 67.0 Å². The van der Waals surface area contributed by atoms with Gasteiger partial charge in [0.2, 0.25) is 0 Å². The third-order valence-corrected chi connectivity index (χ3v) is 3.68. The Hall–Kier alpha value is -2.94. The molecule has 0 spiro atoms. The van der Waals surface area contributed by atoms with Gasteiger partial charge in [0.15, 0.2) is 0 Å². The van der Waals surface area contributed by atoms with Gasteiger partial charge >= 0.3 is 0 Å². The Balaban J connectivity index is 1.67. The molecule has 0 aliphatic carbocycles. The lowest BCUT2D eigenvalue weighted by atomic mass is 10.2. The van der Waals surface area contributed by atoms with Crippen molar-refractivity contribution in [1.82, 2.24) is 14.9 Å². The lowest BCUT2D eigenvalue weighted by molar-refractivity contribution is 0.508. The molecule has 4 rings (SSSR count). The molecule has 3 heteroatoms. The number of hydrogen-bond donors (Lipinski definition) is 0. The minimum absolute atomic E-state index is 0.835. The van der Waals surface area contributed by atoms with Crippen molar-refractivity contribution in [2.45, 2.75) is 6.54 Å². The highest BCUT2D eigenvalue weighted by molar-refractivity contribution is 5.78. The largest absolute Gasteiger partial charge is 0.350 e. The molecule has 106 valence electrons. The van der Waals surface area contributed by atoms with Gasteiger partial charge in [-0.05, 0) is 29.8 Å². The van der Waals surface area contributed by atoms with Crippen molar-refractivity contribution >= 4 is 23.2 Å². The van der Waals surface area contributed by atoms with Crippen LogP contribution >= 0.6 is 0 Å². The first-order chi connectivity index (χ1) is 10.9. The number of para-hydroxylation sites is 2. The number of rotatable bonds is 2. The number of fused-ring (bicyclic) bond motifs is 2. The molecule has 3 nitrogen and oxygen atoms in total. The monoisotopic (exact) mass is 285 g/mol. The van der Waals surface area contributed by atoms with E-state index in [2.05, 4.69) is 41.6 Å². The van der Waals surface area contributed by atoms with Crippen molar-refractivity contribution in [3.8, 4) is 0 Å². The maximum atomic E-state index is 4.69. The average Bonchev–Trinajstić information content (AvgIpc) is 2.76. The van der Waals surface area contributed by atoms with Crippen LogP contribution in [-0.2, 0) is 6.54 Å². The van der Waals surface area contributed by atoms with E-state index in [0.717, 1.165) is 29.0 Å². The molecule has 1 aliphatic rings. The van der Waals surface area contributed by atoms with Gasteiger partial charge in [-0.15, -0.1) is 0 Å². The fourth-order valence-electron chi connectivity index (χ4n) is 2.55. The summed E-state index contributed by atoms with van der Waals surface area (Å²) in [5.41, 5.74) is 4.94. The number of nitrogens with zero attached hydrogens (tertiary/aromatic N) is 3. The fourth-order valence-corrected chi connectivity index (χ4v) is 2.55. The van der Waals surface area contributed by atoms with Crippen molar-refractivity contribution in [2.24, 2.45) is 0 Å². The Bertz CT molecular complexity index is 814. The first-order valence-electron chi connectivity index (χ1n) is 7.31. The van der Waals surface area contributed by atoms with Gasteiger partial charge in [0.25, 0.3) is 0 Å². The summed E-state index contributed by atoms with van der Waals surface area (Å²) < 4.78 is 0. The normalized spacial score (nSPS) is 13.2. The maximum Gasteiger partial charge on any atom is 0.0909 e. The molecule has 3 aromatic rings. The van der Waals surface area contributed by atoms with Gasteiger partial charge in [0, 0.05) is 18.9 Å². The first kappa shape index (κ1) is 12.8. The molecule has 0 atom stereocenters. The smallest absolute Gasteiger partial charge is 0.0909 e. The maximum absolute atomic E-state index is 4.69. The quantitative estimate of drug-likeness (QED) is 0.710. The van der Waals surface area contributed by atoms with Gasteiger partial charge in [-0.25, -0.2) is 9.97 Å². The van der Waals surface area contributed by atoms with Crippen molar-refractivity contribution in [2.75, 3.05) is 0 Å². The summed E-state index contributed by atoms with van der Waals surface area (Å²) in [7, 11) is 0. The van der Waals surface area contributed by atoms with Crippen LogP contribution in [0.1, 0.15) is 17.0 Å². The molecular formula is C19H15N3. The van der Waals surface area contributed by atoms with E-state index in [1.165, 1.54) is 5.56 Å². The van der Waals surface area contributed by atoms with Crippen LogP contribution in [0, 0.1) is 0 Å². The average molecular weight is 285 g/mol. The second kappa shape index (κ2) is 5.45. The highest BCUT2D eigenvalue weighted by Gasteiger charge is 2.08. The SMILES string of the molecule is C1=CN(Cc2ccccc2)C=Cc2nc3ccccc3nc21. The zero-order valence-corrected chi connectivity index (χ0v) is 12.1. The van der Waals surface area contributed by atoms with E-state index in [-0.39, 0.29) is 0 Å². The van der Waals surface area contributed by atoms with Gasteiger partial charge in [-0.1, -0.05) is 42.5 Å². The molecular weight excluding hydrogens is 270 g/mol. The minimum Gasteiger partial charge on any atom is -0.350 e. The highest BCUT2D eigenvalue weighted by Crippen LogP contribution is 2.19. The second-order valence-electron chi connectivity index (χ2n) is 5.27. The lowest BCUT2D eigenvalue weighted by Gasteiger charge is -2.14. The third kappa shape index (κ3) is 2.49. The second-order valence-corrected chi connectivity index (χ2v) is 5.27. The molecule has 2 aromatic carbocycles. The first-order valence-corrected chi connectivity index (χ1v) is 7.31. The van der Waals surface area contributed by atoms with Crippen molar-refractivity contribution < 1.29 is 0 Å². The molecule has 1 aromatic heterocycles. The molecule has 1 aliphatic heterocycles. The van der Waals surface area contributed by atoms with Crippen LogP contribution in [0.25, 0.3) is 23.2 Å². The highest BCUT2D eigenvalue weighted by atomic mass is 15.1. The molecule has 0 fully saturated rings. The van der Waals surface area contributed by atoms with Crippen LogP contribution < -0.4 is 0 Å². The zero-order chi connectivity index (χ0) is 14.8. The number of aromatic nitrogens is 2. The van der Waals surface area contributed by atoms with Crippen LogP contribution in [-0.4, -0.2) is 14.9 Å². The number of hydrogen-bond acceptors (Lipinski definition) is 3. The topological polar surface area (TPSA) is 29.0 Å². The van der Waals surface area contributed by atoms with Crippen LogP contribution in [0.4, 0.5) is 0 Å². The number of benzene rings is 2. The van der Waals surface area contributed by atoms with Gasteiger partial charge in [0.05, 0.1) is 22.4 Å². The Kier molecular flexibility index (Phi) is 3.16. The molecule has 0 amide bonds. The van der Waals surface area contributed by atoms with Crippen molar-refractivity contribution in [1.29, 1.82) is 0 Å². The van der Waals surface area contributed by atoms with E-state index in [0.29, 0.717) is 0 Å². The molecule has 2 heterocycles. The summed E-state index contributed by atoms with van der Waals surface area (Å²) in [6, 6.07) is 18.4. The van der Waals surface area contributed by atoms with E-state index < -0.39 is 0 Å². The molecule has 0 bridgehead atoms. The van der Waals surface area contributed by atoms with E-state index in [9.17, 15) is 0 Å². The summed E-state index contributed by atoms with van der Waals surface area (Å²) in [4.78, 5) is 11.5. The minimum atomic E-state index is 0.835. The van der Waals surface area contributed by atoms with Gasteiger partial charge in [-0.3, -0.25) is 0 Å². The fraction of sp³-hybridized carbons (Fsp3) is 0.0526. The van der Waals surface area contributed by atoms with Gasteiger partial charge < -0.3 is 4.90 Å². The summed E-state index contributed by atoms with van der Waals surface area (Å²) in [5.74, 6) is 0. The summed E-state index contributed by atoms with van der Waals surface area (Å²) in [6.45, 7) is 0.835. The molecule has 0 radical (unpaired) electrons. The van der Waals surface area contributed by atoms with E-state index in [1.807, 2.05) is 42.5 Å².